The van der Waals surface area contributed by atoms with Gasteiger partial charge >= 0.3 is 0 Å². The summed E-state index contributed by atoms with van der Waals surface area (Å²) >= 11 is 1.55. The van der Waals surface area contributed by atoms with Crippen molar-refractivity contribution in [3.8, 4) is 10.6 Å². The first-order valence-electron chi connectivity index (χ1n) is 11.5. The molecule has 0 aliphatic carbocycles. The SMILES string of the molecule is CCc1ccccc1N1C(=O)c2cc(-c3cccs3)nn2C[C@]1(C)C(=O)NCc1ccc(F)cc1. The zero-order valence-corrected chi connectivity index (χ0v) is 20.3. The molecule has 35 heavy (non-hydrogen) atoms. The first-order chi connectivity index (χ1) is 16.9. The third kappa shape index (κ3) is 4.14. The summed E-state index contributed by atoms with van der Waals surface area (Å²) in [7, 11) is 0. The lowest BCUT2D eigenvalue weighted by atomic mass is 9.92. The van der Waals surface area contributed by atoms with Crippen LogP contribution in [0.5, 0.6) is 0 Å². The number of rotatable bonds is 6. The molecular formula is C27H25FN4O2S. The van der Waals surface area contributed by atoms with Gasteiger partial charge in [0.1, 0.15) is 22.7 Å². The number of benzene rings is 2. The number of hydrogen-bond donors (Lipinski definition) is 1. The van der Waals surface area contributed by atoms with Crippen LogP contribution < -0.4 is 10.2 Å². The van der Waals surface area contributed by atoms with E-state index in [-0.39, 0.29) is 30.7 Å². The lowest BCUT2D eigenvalue weighted by Crippen LogP contribution is -2.64. The Bertz CT molecular complexity index is 1380. The Hall–Kier alpha value is -3.78. The van der Waals surface area contributed by atoms with Crippen LogP contribution in [0.25, 0.3) is 10.6 Å². The number of para-hydroxylation sites is 1. The van der Waals surface area contributed by atoms with Gasteiger partial charge in [0.15, 0.2) is 0 Å². The number of aromatic nitrogens is 2. The second kappa shape index (κ2) is 9.11. The summed E-state index contributed by atoms with van der Waals surface area (Å²) < 4.78 is 14.9. The van der Waals surface area contributed by atoms with Crippen LogP contribution >= 0.6 is 11.3 Å². The molecule has 5 rings (SSSR count). The summed E-state index contributed by atoms with van der Waals surface area (Å²) in [5.41, 5.74) is 2.39. The molecule has 0 unspecified atom stereocenters. The van der Waals surface area contributed by atoms with Crippen LogP contribution in [0.4, 0.5) is 10.1 Å². The van der Waals surface area contributed by atoms with E-state index in [2.05, 4.69) is 10.4 Å². The van der Waals surface area contributed by atoms with Gasteiger partial charge in [0.25, 0.3) is 5.91 Å². The van der Waals surface area contributed by atoms with Crippen LogP contribution in [0.1, 0.15) is 35.5 Å². The van der Waals surface area contributed by atoms with Crippen LogP contribution in [0.15, 0.2) is 72.1 Å². The number of nitrogens with zero attached hydrogens (tertiary/aromatic N) is 3. The fourth-order valence-electron chi connectivity index (χ4n) is 4.51. The van der Waals surface area contributed by atoms with E-state index in [0.717, 1.165) is 16.0 Å². The predicted octanol–water partition coefficient (Wildman–Crippen LogP) is 5.05. The molecule has 6 nitrogen and oxygen atoms in total. The Kier molecular flexibility index (Phi) is 5.98. The summed E-state index contributed by atoms with van der Waals surface area (Å²) in [6, 6.07) is 19.4. The molecule has 1 N–H and O–H groups in total. The first kappa shape index (κ1) is 23.0. The number of anilines is 1. The van der Waals surface area contributed by atoms with Gasteiger partial charge in [0.05, 0.1) is 11.4 Å². The van der Waals surface area contributed by atoms with E-state index in [0.29, 0.717) is 23.5 Å². The summed E-state index contributed by atoms with van der Waals surface area (Å²) in [4.78, 5) is 30.2. The summed E-state index contributed by atoms with van der Waals surface area (Å²) in [5.74, 6) is -0.910. The quantitative estimate of drug-likeness (QED) is 0.413. The number of carbonyl (C=O) groups excluding carboxylic acids is 2. The highest BCUT2D eigenvalue weighted by atomic mass is 32.1. The summed E-state index contributed by atoms with van der Waals surface area (Å²) in [6.07, 6.45) is 0.715. The molecule has 8 heteroatoms. The highest BCUT2D eigenvalue weighted by Gasteiger charge is 2.49. The molecule has 1 aliphatic rings. The van der Waals surface area contributed by atoms with E-state index >= 15 is 0 Å². The van der Waals surface area contributed by atoms with E-state index in [1.54, 1.807) is 46.0 Å². The van der Waals surface area contributed by atoms with Crippen molar-refractivity contribution in [2.75, 3.05) is 4.90 Å². The molecule has 178 valence electrons. The van der Waals surface area contributed by atoms with Gasteiger partial charge in [-0.15, -0.1) is 11.3 Å². The van der Waals surface area contributed by atoms with Crippen LogP contribution in [-0.2, 0) is 24.3 Å². The zero-order chi connectivity index (χ0) is 24.6. The Morgan fingerprint density at radius 1 is 1.14 bits per heavy atom. The molecular weight excluding hydrogens is 463 g/mol. The average Bonchev–Trinajstić information content (AvgIpc) is 3.54. The maximum absolute atomic E-state index is 13.9. The van der Waals surface area contributed by atoms with Crippen molar-refractivity contribution in [1.82, 2.24) is 15.1 Å². The standard InChI is InChI=1S/C27H25FN4O2S/c1-3-19-7-4-5-8-22(19)32-25(33)23-15-21(24-9-6-14-35-24)30-31(23)17-27(32,2)26(34)29-16-18-10-12-20(28)13-11-18/h4-15H,3,16-17H2,1-2H3,(H,29,34)/t27-/m1/s1. The molecule has 1 aliphatic heterocycles. The molecule has 2 aromatic heterocycles. The van der Waals surface area contributed by atoms with Crippen LogP contribution in [-0.4, -0.2) is 27.1 Å². The van der Waals surface area contributed by atoms with Crippen molar-refractivity contribution < 1.29 is 14.0 Å². The molecule has 4 aromatic rings. The average molecular weight is 489 g/mol. The minimum absolute atomic E-state index is 0.201. The highest BCUT2D eigenvalue weighted by molar-refractivity contribution is 7.13. The highest BCUT2D eigenvalue weighted by Crippen LogP contribution is 2.36. The van der Waals surface area contributed by atoms with Crippen molar-refractivity contribution in [3.63, 3.8) is 0 Å². The van der Waals surface area contributed by atoms with Gasteiger partial charge in [0.2, 0.25) is 5.91 Å². The fraction of sp³-hybridized carbons (Fsp3) is 0.222. The van der Waals surface area contributed by atoms with Crippen molar-refractivity contribution in [2.45, 2.75) is 38.9 Å². The Labute approximate surface area is 207 Å². The molecule has 0 spiro atoms. The lowest BCUT2D eigenvalue weighted by molar-refractivity contribution is -0.126. The van der Waals surface area contributed by atoms with Gasteiger partial charge in [-0.2, -0.15) is 5.10 Å². The third-order valence-corrected chi connectivity index (χ3v) is 7.29. The molecule has 3 heterocycles. The van der Waals surface area contributed by atoms with Crippen LogP contribution in [0.3, 0.4) is 0 Å². The van der Waals surface area contributed by atoms with E-state index < -0.39 is 5.54 Å². The van der Waals surface area contributed by atoms with Crippen molar-refractivity contribution in [2.24, 2.45) is 0 Å². The molecule has 0 saturated heterocycles. The summed E-state index contributed by atoms with van der Waals surface area (Å²) in [6.45, 7) is 4.22. The largest absolute Gasteiger partial charge is 0.350 e. The number of thiophene rings is 1. The second-order valence-electron chi connectivity index (χ2n) is 8.76. The van der Waals surface area contributed by atoms with Crippen LogP contribution in [0, 0.1) is 5.82 Å². The fourth-order valence-corrected chi connectivity index (χ4v) is 5.19. The van der Waals surface area contributed by atoms with Crippen LogP contribution in [0.2, 0.25) is 0 Å². The van der Waals surface area contributed by atoms with E-state index in [9.17, 15) is 14.0 Å². The zero-order valence-electron chi connectivity index (χ0n) is 19.5. The minimum atomic E-state index is -1.23. The minimum Gasteiger partial charge on any atom is -0.350 e. The molecule has 2 amide bonds. The molecule has 1 atom stereocenters. The normalized spacial score (nSPS) is 17.3. The second-order valence-corrected chi connectivity index (χ2v) is 9.70. The van der Waals surface area contributed by atoms with Gasteiger partial charge in [-0.3, -0.25) is 19.2 Å². The Balaban J connectivity index is 1.55. The Morgan fingerprint density at radius 3 is 2.63 bits per heavy atom. The predicted molar refractivity (Wildman–Crippen MR) is 135 cm³/mol. The smallest absolute Gasteiger partial charge is 0.277 e. The van der Waals surface area contributed by atoms with Gasteiger partial charge in [0, 0.05) is 12.2 Å². The van der Waals surface area contributed by atoms with E-state index in [4.69, 9.17) is 0 Å². The Morgan fingerprint density at radius 2 is 1.91 bits per heavy atom. The van der Waals surface area contributed by atoms with E-state index in [1.807, 2.05) is 48.7 Å². The summed E-state index contributed by atoms with van der Waals surface area (Å²) in [5, 5.41) is 9.60. The molecule has 2 aromatic carbocycles. The number of nitrogens with one attached hydrogen (secondary N) is 1. The van der Waals surface area contributed by atoms with Gasteiger partial charge in [-0.25, -0.2) is 4.39 Å². The monoisotopic (exact) mass is 488 g/mol. The van der Waals surface area contributed by atoms with Gasteiger partial charge in [-0.1, -0.05) is 43.3 Å². The molecule has 0 saturated carbocycles. The van der Waals surface area contributed by atoms with Crippen molar-refractivity contribution >= 4 is 28.8 Å². The van der Waals surface area contributed by atoms with E-state index in [1.165, 1.54) is 12.1 Å². The molecule has 0 radical (unpaired) electrons. The molecule has 0 bridgehead atoms. The number of fused-ring (bicyclic) bond motifs is 1. The van der Waals surface area contributed by atoms with Gasteiger partial charge < -0.3 is 5.32 Å². The number of aryl methyl sites for hydroxylation is 1. The maximum atomic E-state index is 13.9. The maximum Gasteiger partial charge on any atom is 0.277 e. The third-order valence-electron chi connectivity index (χ3n) is 6.40. The molecule has 0 fully saturated rings. The lowest BCUT2D eigenvalue weighted by Gasteiger charge is -2.43. The van der Waals surface area contributed by atoms with Crippen molar-refractivity contribution in [3.05, 3.63) is 94.7 Å². The van der Waals surface area contributed by atoms with Crippen molar-refractivity contribution in [1.29, 1.82) is 0 Å². The van der Waals surface area contributed by atoms with Gasteiger partial charge in [-0.05, 0) is 60.2 Å². The number of amides is 2. The topological polar surface area (TPSA) is 67.2 Å². The first-order valence-corrected chi connectivity index (χ1v) is 12.4. The number of halogens is 1. The number of carbonyl (C=O) groups is 2. The number of hydrogen-bond acceptors (Lipinski definition) is 4.